The summed E-state index contributed by atoms with van der Waals surface area (Å²) in [6.45, 7) is 41.0. The predicted molar refractivity (Wildman–Crippen MR) is 249 cm³/mol. The highest BCUT2D eigenvalue weighted by Crippen LogP contribution is 2.42. The van der Waals surface area contributed by atoms with Gasteiger partial charge in [-0.1, -0.05) is 164 Å². The van der Waals surface area contributed by atoms with Gasteiger partial charge in [-0.2, -0.15) is 0 Å². The maximum Gasteiger partial charge on any atom is 0.0456 e. The van der Waals surface area contributed by atoms with Gasteiger partial charge < -0.3 is 0 Å². The van der Waals surface area contributed by atoms with E-state index in [4.69, 9.17) is 0 Å². The highest BCUT2D eigenvalue weighted by molar-refractivity contribution is 7.28. The minimum atomic E-state index is 0. The van der Waals surface area contributed by atoms with Crippen molar-refractivity contribution < 1.29 is 0 Å². The summed E-state index contributed by atoms with van der Waals surface area (Å²) >= 11 is 7.77. The number of thiophene rings is 4. The molecule has 0 aliphatic carbocycles. The Hall–Kier alpha value is -1.98. The Morgan fingerprint density at radius 2 is 0.538 bits per heavy atom. The van der Waals surface area contributed by atoms with Crippen LogP contribution in [-0.4, -0.2) is 0 Å². The first-order valence-corrected chi connectivity index (χ1v) is 21.4. The van der Waals surface area contributed by atoms with Crippen LogP contribution in [-0.2, 0) is 32.5 Å². The van der Waals surface area contributed by atoms with Gasteiger partial charge in [-0.25, -0.2) is 0 Å². The van der Waals surface area contributed by atoms with Gasteiger partial charge in [0, 0.05) is 38.3 Å². The molecule has 0 aliphatic heterocycles. The van der Waals surface area contributed by atoms with E-state index in [1.807, 2.05) is 45.3 Å². The average Bonchev–Trinajstić information content (AvgIpc) is 3.72. The largest absolute Gasteiger partial charge is 0.140 e. The summed E-state index contributed by atoms with van der Waals surface area (Å²) in [7, 11) is 0. The molecule has 0 saturated carbocycles. The molecule has 0 N–H and O–H groups in total. The zero-order chi connectivity index (χ0) is 37.8. The van der Waals surface area contributed by atoms with Crippen molar-refractivity contribution in [3.05, 3.63) is 91.3 Å². The van der Waals surface area contributed by atoms with Crippen LogP contribution in [0.25, 0.3) is 29.6 Å². The third kappa shape index (κ3) is 11.5. The lowest BCUT2D eigenvalue weighted by Crippen LogP contribution is -2.10. The number of fused-ring (bicyclic) bond motifs is 3. The Bertz CT molecular complexity index is 1840. The number of rotatable bonds is 0. The molecule has 4 heterocycles. The van der Waals surface area contributed by atoms with Gasteiger partial charge >= 0.3 is 0 Å². The average molecular weight is 777 g/mol. The molecule has 0 nitrogen and oxygen atoms in total. The molecule has 6 aromatic rings. The van der Waals surface area contributed by atoms with Gasteiger partial charge in [0.15, 0.2) is 0 Å². The molecule has 4 heteroatoms. The van der Waals surface area contributed by atoms with Crippen molar-refractivity contribution >= 4 is 74.9 Å². The summed E-state index contributed by atoms with van der Waals surface area (Å²) in [6.07, 6.45) is 0. The second-order valence-corrected chi connectivity index (χ2v) is 24.5. The Balaban J connectivity index is 0.000000265. The maximum absolute atomic E-state index is 2.37. The topological polar surface area (TPSA) is 0 Å². The lowest BCUT2D eigenvalue weighted by molar-refractivity contribution is 0.591. The van der Waals surface area contributed by atoms with Gasteiger partial charge in [-0.15, -0.1) is 45.3 Å². The van der Waals surface area contributed by atoms with Crippen LogP contribution in [0.1, 0.15) is 170 Å². The first-order valence-electron chi connectivity index (χ1n) is 18.2. The van der Waals surface area contributed by atoms with E-state index in [0.29, 0.717) is 0 Å². The molecular weight excluding hydrogens is 705 g/mol. The van der Waals surface area contributed by atoms with Gasteiger partial charge in [-0.05, 0) is 90.8 Å². The number of benzene rings is 2. The van der Waals surface area contributed by atoms with Crippen LogP contribution in [0, 0.1) is 0 Å². The molecule has 0 amide bonds. The fourth-order valence-corrected chi connectivity index (χ4v) is 10.1. The lowest BCUT2D eigenvalue weighted by Gasteiger charge is -2.18. The van der Waals surface area contributed by atoms with Crippen LogP contribution in [0.4, 0.5) is 0 Å². The van der Waals surface area contributed by atoms with Crippen molar-refractivity contribution in [2.24, 2.45) is 0 Å². The van der Waals surface area contributed by atoms with Crippen molar-refractivity contribution in [3.8, 4) is 0 Å². The van der Waals surface area contributed by atoms with E-state index in [-0.39, 0.29) is 47.3 Å². The minimum Gasteiger partial charge on any atom is -0.140 e. The smallest absolute Gasteiger partial charge is 0.0456 e. The molecule has 288 valence electrons. The molecule has 0 radical (unpaired) electrons. The van der Waals surface area contributed by atoms with Gasteiger partial charge in [0.1, 0.15) is 0 Å². The van der Waals surface area contributed by atoms with E-state index in [2.05, 4.69) is 185 Å². The van der Waals surface area contributed by atoms with Crippen LogP contribution >= 0.6 is 45.3 Å². The molecule has 0 bridgehead atoms. The number of hydrogen-bond donors (Lipinski definition) is 0. The van der Waals surface area contributed by atoms with E-state index in [9.17, 15) is 0 Å². The van der Waals surface area contributed by atoms with Crippen LogP contribution in [0.15, 0.2) is 60.7 Å². The van der Waals surface area contributed by atoms with Gasteiger partial charge in [0.25, 0.3) is 0 Å². The molecule has 52 heavy (non-hydrogen) atoms. The van der Waals surface area contributed by atoms with E-state index in [1.54, 1.807) is 0 Å². The van der Waals surface area contributed by atoms with Gasteiger partial charge in [0.2, 0.25) is 0 Å². The predicted octanol–water partition coefficient (Wildman–Crippen LogP) is 17.8. The molecule has 2 aromatic carbocycles. The van der Waals surface area contributed by atoms with E-state index < -0.39 is 0 Å². The second kappa shape index (κ2) is 16.0. The molecular formula is C48H72S4. The first-order chi connectivity index (χ1) is 22.5. The fourth-order valence-electron chi connectivity index (χ4n) is 5.31. The van der Waals surface area contributed by atoms with Crippen LogP contribution in [0.3, 0.4) is 0 Å². The lowest BCUT2D eigenvalue weighted by atomic mass is 9.87. The molecule has 0 aliphatic rings. The number of hydrogen-bond acceptors (Lipinski definition) is 4. The van der Waals surface area contributed by atoms with Crippen molar-refractivity contribution in [1.29, 1.82) is 0 Å². The van der Waals surface area contributed by atoms with Crippen molar-refractivity contribution in [2.75, 3.05) is 0 Å². The van der Waals surface area contributed by atoms with Crippen LogP contribution in [0.2, 0.25) is 0 Å². The Kier molecular flexibility index (Phi) is 14.2. The molecule has 0 fully saturated rings. The summed E-state index contributed by atoms with van der Waals surface area (Å²) < 4.78 is 5.75. The van der Waals surface area contributed by atoms with Gasteiger partial charge in [0.05, 0.1) is 0 Å². The summed E-state index contributed by atoms with van der Waals surface area (Å²) in [5.41, 5.74) is 4.40. The standard InChI is InChI=1S/2C16H22S.C14H20S2.2CH4/c2*1-15(2,3)12-8-7-11-9-14(16(4,5)6)17-13(11)10-12;1-13(2,3)11-7-9-10(15-11)8-12(16-9)14(4,5)6;;/h2*7-10H,1-6H3;7-8H,1-6H3;2*1H4. The quantitative estimate of drug-likeness (QED) is 0.144. The highest BCUT2D eigenvalue weighted by atomic mass is 32.1. The van der Waals surface area contributed by atoms with Crippen molar-refractivity contribution in [3.63, 3.8) is 0 Å². The van der Waals surface area contributed by atoms with Crippen molar-refractivity contribution in [1.82, 2.24) is 0 Å². The molecule has 0 saturated heterocycles. The third-order valence-corrected chi connectivity index (χ3v) is 15.1. The summed E-state index contributed by atoms with van der Waals surface area (Å²) in [5, 5.41) is 2.76. The van der Waals surface area contributed by atoms with Gasteiger partial charge in [-0.3, -0.25) is 0 Å². The summed E-state index contributed by atoms with van der Waals surface area (Å²) in [5.74, 6) is 0. The molecule has 0 spiro atoms. The van der Waals surface area contributed by atoms with E-state index in [1.165, 1.54) is 60.2 Å². The molecule has 4 aromatic heterocycles. The fraction of sp³-hybridized carbons (Fsp3) is 0.542. The van der Waals surface area contributed by atoms with Crippen LogP contribution in [0.5, 0.6) is 0 Å². The zero-order valence-corrected chi connectivity index (χ0v) is 37.7. The first kappa shape index (κ1) is 46.2. The highest BCUT2D eigenvalue weighted by Gasteiger charge is 2.23. The zero-order valence-electron chi connectivity index (χ0n) is 34.4. The monoisotopic (exact) mass is 776 g/mol. The summed E-state index contributed by atoms with van der Waals surface area (Å²) in [6, 6.07) is 23.2. The molecule has 0 atom stereocenters. The Labute approximate surface area is 336 Å². The van der Waals surface area contributed by atoms with E-state index in [0.717, 1.165) is 0 Å². The van der Waals surface area contributed by atoms with Crippen LogP contribution < -0.4 is 0 Å². The SMILES string of the molecule is C.C.CC(C)(C)c1cc2sc(C(C)(C)C)cc2s1.CC(C)(C)c1ccc2cc(C(C)(C)C)sc2c1.CC(C)(C)c1ccc2cc(C(C)(C)C)sc2c1. The van der Waals surface area contributed by atoms with Crippen molar-refractivity contribution in [2.45, 2.75) is 172 Å². The molecule has 0 unspecified atom stereocenters. The molecule has 6 rings (SSSR count). The third-order valence-electron chi connectivity index (χ3n) is 8.94. The summed E-state index contributed by atoms with van der Waals surface area (Å²) in [4.78, 5) is 5.93. The normalized spacial score (nSPS) is 12.9. The van der Waals surface area contributed by atoms with E-state index >= 15 is 0 Å². The Morgan fingerprint density at radius 1 is 0.288 bits per heavy atom. The maximum atomic E-state index is 2.37. The Morgan fingerprint density at radius 3 is 0.788 bits per heavy atom. The second-order valence-electron chi connectivity index (χ2n) is 20.2. The minimum absolute atomic E-state index is 0.